The summed E-state index contributed by atoms with van der Waals surface area (Å²) in [5, 5.41) is 7.95. The predicted molar refractivity (Wildman–Crippen MR) is 102 cm³/mol. The Bertz CT molecular complexity index is 773. The first-order chi connectivity index (χ1) is 13.0. The highest BCUT2D eigenvalue weighted by molar-refractivity contribution is 6.06. The Kier molecular flexibility index (Phi) is 7.76. The van der Waals surface area contributed by atoms with E-state index >= 15 is 0 Å². The summed E-state index contributed by atoms with van der Waals surface area (Å²) >= 11 is 0. The molecule has 148 valence electrons. The summed E-state index contributed by atoms with van der Waals surface area (Å²) in [4.78, 5) is 25.0. The Morgan fingerprint density at radius 1 is 1.22 bits per heavy atom. The number of para-hydroxylation sites is 1. The number of aromatic nitrogens is 2. The number of hydrogen-bond acceptors (Lipinski definition) is 4. The summed E-state index contributed by atoms with van der Waals surface area (Å²) < 4.78 is 19.1. The van der Waals surface area contributed by atoms with Crippen LogP contribution in [-0.4, -0.2) is 41.0 Å². The molecule has 2 aromatic rings. The van der Waals surface area contributed by atoms with Crippen molar-refractivity contribution in [2.24, 2.45) is 5.92 Å². The lowest BCUT2D eigenvalue weighted by atomic mass is 10.0. The molecular weight excluding hydrogens is 349 g/mol. The van der Waals surface area contributed by atoms with E-state index in [2.05, 4.69) is 10.4 Å². The zero-order chi connectivity index (χ0) is 19.8. The molecule has 1 aromatic heterocycles. The van der Waals surface area contributed by atoms with Crippen LogP contribution in [0.25, 0.3) is 10.9 Å². The number of alkyl halides is 1. The van der Waals surface area contributed by atoms with Gasteiger partial charge in [-0.1, -0.05) is 32.0 Å². The van der Waals surface area contributed by atoms with E-state index in [0.29, 0.717) is 13.0 Å². The van der Waals surface area contributed by atoms with Gasteiger partial charge in [-0.2, -0.15) is 5.10 Å². The molecule has 1 atom stereocenters. The largest absolute Gasteiger partial charge is 0.464 e. The van der Waals surface area contributed by atoms with Crippen LogP contribution in [0.3, 0.4) is 0 Å². The summed E-state index contributed by atoms with van der Waals surface area (Å²) in [6, 6.07) is 6.74. The molecule has 7 heteroatoms. The van der Waals surface area contributed by atoms with E-state index in [-0.39, 0.29) is 24.9 Å². The number of nitrogens with zero attached hydrogens (tertiary/aromatic N) is 2. The molecular formula is C20H28FN3O3. The number of rotatable bonds is 10. The second-order valence-corrected chi connectivity index (χ2v) is 6.79. The molecule has 0 radical (unpaired) electrons. The van der Waals surface area contributed by atoms with Crippen molar-refractivity contribution in [3.63, 3.8) is 0 Å². The second-order valence-electron chi connectivity index (χ2n) is 6.79. The molecule has 0 saturated heterocycles. The van der Waals surface area contributed by atoms with Crippen LogP contribution in [0.5, 0.6) is 0 Å². The van der Waals surface area contributed by atoms with Crippen molar-refractivity contribution in [3.8, 4) is 0 Å². The van der Waals surface area contributed by atoms with Crippen molar-refractivity contribution in [1.29, 1.82) is 0 Å². The highest BCUT2D eigenvalue weighted by atomic mass is 19.1. The van der Waals surface area contributed by atoms with Crippen molar-refractivity contribution in [3.05, 3.63) is 30.0 Å². The Morgan fingerprint density at radius 3 is 2.63 bits per heavy atom. The van der Waals surface area contributed by atoms with Gasteiger partial charge in [0.25, 0.3) is 5.91 Å². The normalized spacial score (nSPS) is 12.3. The van der Waals surface area contributed by atoms with Crippen LogP contribution in [0.4, 0.5) is 4.39 Å². The lowest BCUT2D eigenvalue weighted by Crippen LogP contribution is -2.45. The van der Waals surface area contributed by atoms with Crippen LogP contribution in [0.15, 0.2) is 24.3 Å². The van der Waals surface area contributed by atoms with E-state index in [1.54, 1.807) is 11.6 Å². The quantitative estimate of drug-likeness (QED) is 0.508. The highest BCUT2D eigenvalue weighted by Crippen LogP contribution is 2.20. The van der Waals surface area contributed by atoms with Crippen molar-refractivity contribution in [2.45, 2.75) is 52.6 Å². The van der Waals surface area contributed by atoms with Crippen LogP contribution in [0.1, 0.15) is 50.5 Å². The molecule has 1 amide bonds. The third-order valence-electron chi connectivity index (χ3n) is 4.37. The molecule has 2 rings (SSSR count). The lowest BCUT2D eigenvalue weighted by Gasteiger charge is -2.20. The molecule has 0 unspecified atom stereocenters. The van der Waals surface area contributed by atoms with Crippen molar-refractivity contribution in [2.75, 3.05) is 13.3 Å². The molecule has 0 spiro atoms. The van der Waals surface area contributed by atoms with Crippen molar-refractivity contribution < 1.29 is 18.7 Å². The maximum absolute atomic E-state index is 12.8. The summed E-state index contributed by atoms with van der Waals surface area (Å²) in [6.07, 6.45) is 2.08. The molecule has 1 aromatic carbocycles. The number of esters is 1. The number of unbranched alkanes of at least 4 members (excludes halogenated alkanes) is 2. The number of nitrogens with one attached hydrogen (secondary N) is 1. The van der Waals surface area contributed by atoms with Gasteiger partial charge in [0.15, 0.2) is 5.69 Å². The maximum Gasteiger partial charge on any atom is 0.328 e. The number of ether oxygens (including phenoxy) is 1. The van der Waals surface area contributed by atoms with E-state index in [9.17, 15) is 14.0 Å². The number of amides is 1. The molecule has 0 saturated carbocycles. The van der Waals surface area contributed by atoms with Crippen LogP contribution in [0.2, 0.25) is 0 Å². The number of aryl methyl sites for hydroxylation is 1. The van der Waals surface area contributed by atoms with Crippen molar-refractivity contribution in [1.82, 2.24) is 15.1 Å². The van der Waals surface area contributed by atoms with E-state index in [1.165, 1.54) is 0 Å². The van der Waals surface area contributed by atoms with Gasteiger partial charge in [-0.05, 0) is 38.2 Å². The zero-order valence-electron chi connectivity index (χ0n) is 16.2. The molecule has 1 heterocycles. The van der Waals surface area contributed by atoms with E-state index in [4.69, 9.17) is 4.74 Å². The van der Waals surface area contributed by atoms with Gasteiger partial charge in [-0.15, -0.1) is 0 Å². The highest BCUT2D eigenvalue weighted by Gasteiger charge is 2.27. The lowest BCUT2D eigenvalue weighted by molar-refractivity contribution is -0.146. The van der Waals surface area contributed by atoms with Crippen LogP contribution in [-0.2, 0) is 16.1 Å². The molecule has 0 aliphatic rings. The third-order valence-corrected chi connectivity index (χ3v) is 4.37. The summed E-state index contributed by atoms with van der Waals surface area (Å²) in [5.41, 5.74) is 1.13. The number of carbonyl (C=O) groups is 2. The standard InChI is InChI=1S/C20H28FN3O3/c1-4-27-20(26)17(14(2)3)22-19(25)18-15-10-6-7-11-16(15)24(23-18)13-9-5-8-12-21/h6-7,10-11,14,17H,4-5,8-9,12-13H2,1-3H3,(H,22,25)/t17-/m0/s1. The number of fused-ring (bicyclic) bond motifs is 1. The fourth-order valence-corrected chi connectivity index (χ4v) is 2.94. The van der Waals surface area contributed by atoms with Gasteiger partial charge in [-0.3, -0.25) is 13.9 Å². The van der Waals surface area contributed by atoms with Gasteiger partial charge in [0.1, 0.15) is 6.04 Å². The zero-order valence-corrected chi connectivity index (χ0v) is 16.2. The smallest absolute Gasteiger partial charge is 0.328 e. The van der Waals surface area contributed by atoms with Gasteiger partial charge < -0.3 is 10.1 Å². The topological polar surface area (TPSA) is 73.2 Å². The Morgan fingerprint density at radius 2 is 1.96 bits per heavy atom. The van der Waals surface area contributed by atoms with Crippen LogP contribution < -0.4 is 5.32 Å². The predicted octanol–water partition coefficient (Wildman–Crippen LogP) is 3.49. The molecule has 1 N–H and O–H groups in total. The number of benzene rings is 1. The summed E-state index contributed by atoms with van der Waals surface area (Å²) in [7, 11) is 0. The molecule has 27 heavy (non-hydrogen) atoms. The summed E-state index contributed by atoms with van der Waals surface area (Å²) in [6.45, 7) is 5.98. The minimum absolute atomic E-state index is 0.109. The summed E-state index contributed by atoms with van der Waals surface area (Å²) in [5.74, 6) is -0.960. The molecule has 0 bridgehead atoms. The first-order valence-electron chi connectivity index (χ1n) is 9.48. The monoisotopic (exact) mass is 377 g/mol. The number of carbonyl (C=O) groups excluding carboxylic acids is 2. The molecule has 6 nitrogen and oxygen atoms in total. The van der Waals surface area contributed by atoms with Gasteiger partial charge >= 0.3 is 5.97 Å². The first kappa shape index (κ1) is 20.9. The maximum atomic E-state index is 12.8. The second kappa shape index (κ2) is 10.0. The Labute approximate surface area is 159 Å². The average Bonchev–Trinajstić information content (AvgIpc) is 3.02. The number of halogens is 1. The fraction of sp³-hybridized carbons (Fsp3) is 0.550. The Hall–Kier alpha value is -2.44. The molecule has 0 fully saturated rings. The molecule has 0 aliphatic heterocycles. The van der Waals surface area contributed by atoms with E-state index in [0.717, 1.165) is 23.7 Å². The Balaban J connectivity index is 2.23. The third kappa shape index (κ3) is 5.28. The molecule has 0 aliphatic carbocycles. The van der Waals surface area contributed by atoms with Crippen LogP contribution in [0, 0.1) is 5.92 Å². The SMILES string of the molecule is CCOC(=O)[C@@H](NC(=O)c1nn(CCCCCF)c2ccccc12)C(C)C. The van der Waals surface area contributed by atoms with Gasteiger partial charge in [0.05, 0.1) is 18.8 Å². The number of hydrogen-bond donors (Lipinski definition) is 1. The fourth-order valence-electron chi connectivity index (χ4n) is 2.94. The van der Waals surface area contributed by atoms with E-state index < -0.39 is 17.9 Å². The minimum atomic E-state index is -0.731. The van der Waals surface area contributed by atoms with Crippen LogP contribution >= 0.6 is 0 Å². The minimum Gasteiger partial charge on any atom is -0.464 e. The van der Waals surface area contributed by atoms with Gasteiger partial charge in [-0.25, -0.2) is 4.79 Å². The van der Waals surface area contributed by atoms with Gasteiger partial charge in [0, 0.05) is 11.9 Å². The van der Waals surface area contributed by atoms with E-state index in [1.807, 2.05) is 38.1 Å². The first-order valence-corrected chi connectivity index (χ1v) is 9.48. The van der Waals surface area contributed by atoms with Gasteiger partial charge in [0.2, 0.25) is 0 Å². The van der Waals surface area contributed by atoms with Crippen molar-refractivity contribution >= 4 is 22.8 Å². The average molecular weight is 377 g/mol.